The van der Waals surface area contributed by atoms with Crippen LogP contribution in [0.1, 0.15) is 25.3 Å². The molecule has 0 aliphatic carbocycles. The molecule has 0 atom stereocenters. The van der Waals surface area contributed by atoms with E-state index in [1.807, 2.05) is 0 Å². The zero-order chi connectivity index (χ0) is 14.1. The van der Waals surface area contributed by atoms with E-state index < -0.39 is 11.7 Å². The second-order valence-electron chi connectivity index (χ2n) is 5.55. The molecule has 19 heavy (non-hydrogen) atoms. The van der Waals surface area contributed by atoms with Crippen LogP contribution in [0.15, 0.2) is 24.3 Å². The van der Waals surface area contributed by atoms with Gasteiger partial charge in [-0.05, 0) is 49.1 Å². The molecule has 1 aliphatic rings. The maximum Gasteiger partial charge on any atom is 0.416 e. The fourth-order valence-corrected chi connectivity index (χ4v) is 2.37. The van der Waals surface area contributed by atoms with Gasteiger partial charge >= 0.3 is 6.18 Å². The molecular formula is C14H19F3N2. The fourth-order valence-electron chi connectivity index (χ4n) is 2.37. The number of nitrogens with zero attached hydrogens (tertiary/aromatic N) is 1. The predicted molar refractivity (Wildman–Crippen MR) is 70.1 cm³/mol. The number of nitrogens with two attached hydrogens (primary N) is 1. The number of anilines is 1. The van der Waals surface area contributed by atoms with Gasteiger partial charge in [-0.25, -0.2) is 0 Å². The van der Waals surface area contributed by atoms with Crippen molar-refractivity contribution < 1.29 is 13.2 Å². The number of alkyl halides is 3. The first-order valence-electron chi connectivity index (χ1n) is 6.46. The van der Waals surface area contributed by atoms with E-state index in [-0.39, 0.29) is 5.41 Å². The molecule has 0 saturated carbocycles. The molecule has 0 spiro atoms. The maximum atomic E-state index is 12.5. The summed E-state index contributed by atoms with van der Waals surface area (Å²) in [7, 11) is 0. The average molecular weight is 272 g/mol. The number of hydrogen-bond acceptors (Lipinski definition) is 2. The van der Waals surface area contributed by atoms with E-state index >= 15 is 0 Å². The molecule has 1 fully saturated rings. The van der Waals surface area contributed by atoms with Crippen molar-refractivity contribution in [2.75, 3.05) is 24.5 Å². The van der Waals surface area contributed by atoms with Gasteiger partial charge in [-0.3, -0.25) is 0 Å². The first-order valence-corrected chi connectivity index (χ1v) is 6.46. The molecular weight excluding hydrogens is 253 g/mol. The van der Waals surface area contributed by atoms with Crippen LogP contribution in [0.3, 0.4) is 0 Å². The van der Waals surface area contributed by atoms with Crippen LogP contribution in [0.25, 0.3) is 0 Å². The highest BCUT2D eigenvalue weighted by Crippen LogP contribution is 2.34. The lowest BCUT2D eigenvalue weighted by atomic mass is 9.80. The topological polar surface area (TPSA) is 29.3 Å². The molecule has 0 bridgehead atoms. The van der Waals surface area contributed by atoms with Crippen LogP contribution in [-0.2, 0) is 6.18 Å². The third kappa shape index (κ3) is 3.21. The van der Waals surface area contributed by atoms with Gasteiger partial charge in [0.15, 0.2) is 0 Å². The van der Waals surface area contributed by atoms with E-state index in [4.69, 9.17) is 5.73 Å². The smallest absolute Gasteiger partial charge is 0.371 e. The van der Waals surface area contributed by atoms with Crippen molar-refractivity contribution in [2.45, 2.75) is 25.9 Å². The Morgan fingerprint density at radius 1 is 1.16 bits per heavy atom. The summed E-state index contributed by atoms with van der Waals surface area (Å²) in [6.07, 6.45) is -2.31. The van der Waals surface area contributed by atoms with Crippen molar-refractivity contribution in [3.63, 3.8) is 0 Å². The van der Waals surface area contributed by atoms with Gasteiger partial charge in [0.2, 0.25) is 0 Å². The largest absolute Gasteiger partial charge is 0.416 e. The molecule has 106 valence electrons. The van der Waals surface area contributed by atoms with Crippen LogP contribution < -0.4 is 10.6 Å². The van der Waals surface area contributed by atoms with Gasteiger partial charge in [0.25, 0.3) is 0 Å². The highest BCUT2D eigenvalue weighted by atomic mass is 19.4. The Morgan fingerprint density at radius 3 is 2.11 bits per heavy atom. The van der Waals surface area contributed by atoms with Crippen molar-refractivity contribution in [1.29, 1.82) is 0 Å². The number of halogens is 3. The summed E-state index contributed by atoms with van der Waals surface area (Å²) in [5.74, 6) is 0. The lowest BCUT2D eigenvalue weighted by Gasteiger charge is -2.39. The first-order chi connectivity index (χ1) is 8.84. The molecule has 1 aromatic rings. The van der Waals surface area contributed by atoms with Crippen LogP contribution in [0.4, 0.5) is 18.9 Å². The van der Waals surface area contributed by atoms with E-state index in [9.17, 15) is 13.2 Å². The molecule has 1 aromatic carbocycles. The summed E-state index contributed by atoms with van der Waals surface area (Å²) in [4.78, 5) is 2.12. The van der Waals surface area contributed by atoms with E-state index in [0.29, 0.717) is 6.54 Å². The quantitative estimate of drug-likeness (QED) is 0.895. The molecule has 2 rings (SSSR count). The number of rotatable bonds is 2. The Bertz CT molecular complexity index is 417. The van der Waals surface area contributed by atoms with Gasteiger partial charge in [-0.2, -0.15) is 13.2 Å². The molecule has 1 aliphatic heterocycles. The number of piperidine rings is 1. The highest BCUT2D eigenvalue weighted by Gasteiger charge is 2.31. The first kappa shape index (κ1) is 14.2. The highest BCUT2D eigenvalue weighted by molar-refractivity contribution is 5.48. The number of hydrogen-bond donors (Lipinski definition) is 1. The normalized spacial score (nSPS) is 19.5. The molecule has 0 unspecified atom stereocenters. The van der Waals surface area contributed by atoms with Gasteiger partial charge in [0.05, 0.1) is 5.56 Å². The molecule has 1 heterocycles. The summed E-state index contributed by atoms with van der Waals surface area (Å²) in [5, 5.41) is 0. The Kier molecular flexibility index (Phi) is 3.76. The monoisotopic (exact) mass is 272 g/mol. The summed E-state index contributed by atoms with van der Waals surface area (Å²) >= 11 is 0. The maximum absolute atomic E-state index is 12.5. The summed E-state index contributed by atoms with van der Waals surface area (Å²) in [6.45, 7) is 4.52. The van der Waals surface area contributed by atoms with Crippen molar-refractivity contribution in [3.8, 4) is 0 Å². The molecule has 0 aromatic heterocycles. The Balaban J connectivity index is 2.04. The zero-order valence-electron chi connectivity index (χ0n) is 11.0. The van der Waals surface area contributed by atoms with Crippen LogP contribution in [0, 0.1) is 5.41 Å². The van der Waals surface area contributed by atoms with E-state index in [2.05, 4.69) is 11.8 Å². The second kappa shape index (κ2) is 5.04. The molecule has 0 radical (unpaired) electrons. The van der Waals surface area contributed by atoms with Gasteiger partial charge < -0.3 is 10.6 Å². The third-order valence-corrected chi connectivity index (χ3v) is 4.02. The van der Waals surface area contributed by atoms with Crippen LogP contribution in [-0.4, -0.2) is 19.6 Å². The predicted octanol–water partition coefficient (Wildman–Crippen LogP) is 3.27. The summed E-state index contributed by atoms with van der Waals surface area (Å²) in [6, 6.07) is 5.39. The summed E-state index contributed by atoms with van der Waals surface area (Å²) in [5.41, 5.74) is 6.17. The van der Waals surface area contributed by atoms with Gasteiger partial charge in [-0.15, -0.1) is 0 Å². The lowest BCUT2D eigenvalue weighted by Crippen LogP contribution is -2.42. The van der Waals surface area contributed by atoms with Gasteiger partial charge in [0.1, 0.15) is 0 Å². The number of benzene rings is 1. The zero-order valence-corrected chi connectivity index (χ0v) is 11.0. The fraction of sp³-hybridized carbons (Fsp3) is 0.571. The second-order valence-corrected chi connectivity index (χ2v) is 5.55. The van der Waals surface area contributed by atoms with Gasteiger partial charge in [-0.1, -0.05) is 6.92 Å². The van der Waals surface area contributed by atoms with Crippen molar-refractivity contribution in [2.24, 2.45) is 11.1 Å². The Hall–Kier alpha value is -1.23. The van der Waals surface area contributed by atoms with Crippen molar-refractivity contribution in [3.05, 3.63) is 29.8 Å². The standard InChI is InChI=1S/C14H19F3N2/c1-13(10-18)6-8-19(9-7-13)12-4-2-11(3-5-12)14(15,16)17/h2-5H,6-10,18H2,1H3. The summed E-state index contributed by atoms with van der Waals surface area (Å²) < 4.78 is 37.4. The molecule has 5 heteroatoms. The van der Waals surface area contributed by atoms with Crippen molar-refractivity contribution in [1.82, 2.24) is 0 Å². The lowest BCUT2D eigenvalue weighted by molar-refractivity contribution is -0.137. The van der Waals surface area contributed by atoms with Crippen LogP contribution >= 0.6 is 0 Å². The van der Waals surface area contributed by atoms with Crippen LogP contribution in [0.2, 0.25) is 0 Å². The molecule has 2 nitrogen and oxygen atoms in total. The minimum absolute atomic E-state index is 0.169. The Labute approximate surface area is 111 Å². The molecule has 0 amide bonds. The van der Waals surface area contributed by atoms with Gasteiger partial charge in [0, 0.05) is 18.8 Å². The van der Waals surface area contributed by atoms with E-state index in [0.717, 1.165) is 43.8 Å². The van der Waals surface area contributed by atoms with Crippen molar-refractivity contribution >= 4 is 5.69 Å². The average Bonchev–Trinajstić information content (AvgIpc) is 2.39. The van der Waals surface area contributed by atoms with Crippen LogP contribution in [0.5, 0.6) is 0 Å². The Morgan fingerprint density at radius 2 is 1.68 bits per heavy atom. The van der Waals surface area contributed by atoms with E-state index in [1.165, 1.54) is 0 Å². The molecule has 1 saturated heterocycles. The minimum Gasteiger partial charge on any atom is -0.371 e. The molecule has 2 N–H and O–H groups in total. The minimum atomic E-state index is -4.27. The SMILES string of the molecule is CC1(CN)CCN(c2ccc(C(F)(F)F)cc2)CC1. The van der Waals surface area contributed by atoms with E-state index in [1.54, 1.807) is 12.1 Å². The third-order valence-electron chi connectivity index (χ3n) is 4.02.